The Bertz CT molecular complexity index is 489. The first-order valence-corrected chi connectivity index (χ1v) is 6.25. The van der Waals surface area contributed by atoms with Crippen LogP contribution in [0.25, 0.3) is 0 Å². The minimum atomic E-state index is -4.38. The summed E-state index contributed by atoms with van der Waals surface area (Å²) in [4.78, 5) is 5.42. The molecule has 1 aromatic rings. The largest absolute Gasteiger partial charge is 0.281 e. The van der Waals surface area contributed by atoms with E-state index in [9.17, 15) is 17.2 Å². The van der Waals surface area contributed by atoms with Crippen LogP contribution in [0.5, 0.6) is 0 Å². The third-order valence-electron chi connectivity index (χ3n) is 1.65. The highest BCUT2D eigenvalue weighted by Gasteiger charge is 2.25. The Hall–Kier alpha value is -1.05. The molecule has 0 aliphatic heterocycles. The lowest BCUT2D eigenvalue weighted by atomic mass is 10.2. The summed E-state index contributed by atoms with van der Waals surface area (Å²) in [5.41, 5.74) is -0.811. The van der Waals surface area contributed by atoms with E-state index in [1.54, 1.807) is 25.7 Å². The first-order chi connectivity index (χ1) is 7.63. The molecule has 0 atom stereocenters. The summed E-state index contributed by atoms with van der Waals surface area (Å²) in [6, 6.07) is 2.79. The molecule has 0 amide bonds. The number of sulfonamides is 1. The number of hydrogen-bond donors (Lipinski definition) is 1. The highest BCUT2D eigenvalue weighted by molar-refractivity contribution is 7.89. The van der Waals surface area contributed by atoms with Gasteiger partial charge in [0.15, 0.2) is 4.90 Å². The molecule has 0 radical (unpaired) electrons. The number of hydrogen-bond acceptors (Lipinski definition) is 3. The van der Waals surface area contributed by atoms with Gasteiger partial charge in [-0.1, -0.05) is 11.0 Å². The number of rotatable bonds is 3. The molecule has 0 aromatic heterocycles. The maximum atomic E-state index is 13.3. The van der Waals surface area contributed by atoms with E-state index >= 15 is 0 Å². The second kappa shape index (κ2) is 4.67. The quantitative estimate of drug-likeness (QED) is 0.850. The molecule has 96 valence electrons. The van der Waals surface area contributed by atoms with E-state index in [-0.39, 0.29) is 0 Å². The molecule has 0 heterocycles. The van der Waals surface area contributed by atoms with Crippen molar-refractivity contribution in [1.29, 1.82) is 0 Å². The van der Waals surface area contributed by atoms with Crippen molar-refractivity contribution in [2.75, 3.05) is 0 Å². The highest BCUT2D eigenvalue weighted by atomic mass is 32.2. The molecule has 0 unspecified atom stereocenters. The minimum Gasteiger partial charge on any atom is -0.281 e. The van der Waals surface area contributed by atoms with Gasteiger partial charge in [-0.05, 0) is 32.9 Å². The maximum Gasteiger partial charge on any atom is 0.268 e. The molecular weight excluding hydrogens is 252 g/mol. The Morgan fingerprint density at radius 3 is 2.06 bits per heavy atom. The summed E-state index contributed by atoms with van der Waals surface area (Å²) in [5, 5.41) is 0. The smallest absolute Gasteiger partial charge is 0.268 e. The lowest BCUT2D eigenvalue weighted by molar-refractivity contribution is -0.0359. The van der Waals surface area contributed by atoms with Gasteiger partial charge in [-0.3, -0.25) is 4.84 Å². The van der Waals surface area contributed by atoms with E-state index < -0.39 is 32.2 Å². The van der Waals surface area contributed by atoms with Gasteiger partial charge in [0, 0.05) is 0 Å². The molecule has 4 nitrogen and oxygen atoms in total. The highest BCUT2D eigenvalue weighted by Crippen LogP contribution is 2.18. The van der Waals surface area contributed by atoms with Crippen molar-refractivity contribution < 1.29 is 22.0 Å². The standard InChI is InChI=1S/C10H13F2NO3S/c1-10(2,3)16-13-17(14,15)9-7(11)5-4-6-8(9)12/h4-6,13H,1-3H3. The average molecular weight is 265 g/mol. The van der Waals surface area contributed by atoms with Gasteiger partial charge in [0.05, 0.1) is 5.60 Å². The molecule has 0 saturated heterocycles. The van der Waals surface area contributed by atoms with Crippen LogP contribution >= 0.6 is 0 Å². The Morgan fingerprint density at radius 2 is 1.65 bits per heavy atom. The first-order valence-electron chi connectivity index (χ1n) is 4.77. The maximum absolute atomic E-state index is 13.3. The van der Waals surface area contributed by atoms with Crippen molar-refractivity contribution in [2.24, 2.45) is 0 Å². The molecule has 0 spiro atoms. The number of benzene rings is 1. The lowest BCUT2D eigenvalue weighted by Crippen LogP contribution is -2.34. The fourth-order valence-corrected chi connectivity index (χ4v) is 2.05. The first kappa shape index (κ1) is 14.0. The van der Waals surface area contributed by atoms with Crippen molar-refractivity contribution in [3.05, 3.63) is 29.8 Å². The molecule has 0 aliphatic carbocycles. The molecule has 1 aromatic carbocycles. The van der Waals surface area contributed by atoms with Crippen molar-refractivity contribution in [1.82, 2.24) is 4.89 Å². The van der Waals surface area contributed by atoms with E-state index in [0.29, 0.717) is 0 Å². The summed E-state index contributed by atoms with van der Waals surface area (Å²) in [6.07, 6.45) is 0. The third-order valence-corrected chi connectivity index (χ3v) is 2.88. The molecule has 7 heteroatoms. The molecular formula is C10H13F2NO3S. The predicted octanol–water partition coefficient (Wildman–Crippen LogP) is 1.97. The van der Waals surface area contributed by atoms with Crippen LogP contribution in [0.2, 0.25) is 0 Å². The van der Waals surface area contributed by atoms with Crippen LogP contribution in [0.15, 0.2) is 23.1 Å². The zero-order valence-corrected chi connectivity index (χ0v) is 10.4. The van der Waals surface area contributed by atoms with Gasteiger partial charge in [0.25, 0.3) is 10.0 Å². The van der Waals surface area contributed by atoms with E-state index in [4.69, 9.17) is 4.84 Å². The van der Waals surface area contributed by atoms with Gasteiger partial charge in [-0.15, -0.1) is 0 Å². The van der Waals surface area contributed by atoms with Crippen molar-refractivity contribution >= 4 is 10.0 Å². The zero-order chi connectivity index (χ0) is 13.3. The molecule has 0 bridgehead atoms. The Morgan fingerprint density at radius 1 is 1.18 bits per heavy atom. The van der Waals surface area contributed by atoms with E-state index in [1.165, 1.54) is 0 Å². The van der Waals surface area contributed by atoms with Crippen molar-refractivity contribution in [2.45, 2.75) is 31.3 Å². The van der Waals surface area contributed by atoms with E-state index in [1.807, 2.05) is 0 Å². The van der Waals surface area contributed by atoms with Gasteiger partial charge in [0.1, 0.15) is 11.6 Å². The van der Waals surface area contributed by atoms with Crippen molar-refractivity contribution in [3.8, 4) is 0 Å². The molecule has 1 N–H and O–H groups in total. The average Bonchev–Trinajstić information content (AvgIpc) is 2.13. The molecule has 0 saturated carbocycles. The molecule has 17 heavy (non-hydrogen) atoms. The van der Waals surface area contributed by atoms with Gasteiger partial charge < -0.3 is 0 Å². The normalized spacial score (nSPS) is 12.8. The van der Waals surface area contributed by atoms with Gasteiger partial charge in [0.2, 0.25) is 0 Å². The third kappa shape index (κ3) is 3.72. The summed E-state index contributed by atoms with van der Waals surface area (Å²) in [5.74, 6) is -2.34. The zero-order valence-electron chi connectivity index (χ0n) is 9.62. The van der Waals surface area contributed by atoms with Gasteiger partial charge in [-0.25, -0.2) is 17.2 Å². The minimum absolute atomic E-state index is 0.811. The fourth-order valence-electron chi connectivity index (χ4n) is 0.961. The van der Waals surface area contributed by atoms with Crippen molar-refractivity contribution in [3.63, 3.8) is 0 Å². The second-order valence-corrected chi connectivity index (χ2v) is 5.93. The number of halogens is 2. The monoisotopic (exact) mass is 265 g/mol. The van der Waals surface area contributed by atoms with Crippen LogP contribution in [-0.4, -0.2) is 14.0 Å². The second-order valence-electron chi connectivity index (χ2n) is 4.35. The molecule has 0 aliphatic rings. The summed E-state index contributed by atoms with van der Waals surface area (Å²) >= 11 is 0. The Balaban J connectivity index is 3.06. The Labute approximate surface area is 98.6 Å². The molecule has 0 fully saturated rings. The lowest BCUT2D eigenvalue weighted by Gasteiger charge is -2.19. The number of nitrogens with one attached hydrogen (secondary N) is 1. The van der Waals surface area contributed by atoms with Gasteiger partial charge >= 0.3 is 0 Å². The summed E-state index contributed by atoms with van der Waals surface area (Å²) in [7, 11) is -4.38. The SMILES string of the molecule is CC(C)(C)ONS(=O)(=O)c1c(F)cccc1F. The summed E-state index contributed by atoms with van der Waals surface area (Å²) < 4.78 is 49.7. The Kier molecular flexibility index (Phi) is 3.85. The van der Waals surface area contributed by atoms with Crippen LogP contribution in [0.3, 0.4) is 0 Å². The van der Waals surface area contributed by atoms with Crippen LogP contribution in [0.4, 0.5) is 8.78 Å². The van der Waals surface area contributed by atoms with Crippen LogP contribution < -0.4 is 4.89 Å². The van der Waals surface area contributed by atoms with E-state index in [0.717, 1.165) is 18.2 Å². The van der Waals surface area contributed by atoms with Crippen LogP contribution in [0, 0.1) is 11.6 Å². The predicted molar refractivity (Wildman–Crippen MR) is 57.5 cm³/mol. The van der Waals surface area contributed by atoms with Gasteiger partial charge in [-0.2, -0.15) is 0 Å². The van der Waals surface area contributed by atoms with Crippen LogP contribution in [-0.2, 0) is 14.9 Å². The fraction of sp³-hybridized carbons (Fsp3) is 0.400. The molecule has 1 rings (SSSR count). The van der Waals surface area contributed by atoms with Crippen LogP contribution in [0.1, 0.15) is 20.8 Å². The van der Waals surface area contributed by atoms with E-state index in [2.05, 4.69) is 0 Å². The topological polar surface area (TPSA) is 55.4 Å². The summed E-state index contributed by atoms with van der Waals surface area (Å²) in [6.45, 7) is 4.77.